The van der Waals surface area contributed by atoms with Crippen molar-refractivity contribution in [3.05, 3.63) is 23.7 Å². The minimum atomic E-state index is -5.08. The average molecular weight is 406 g/mol. The van der Waals surface area contributed by atoms with Gasteiger partial charge in [-0.3, -0.25) is 4.79 Å². The maximum Gasteiger partial charge on any atom is 0.490 e. The van der Waals surface area contributed by atoms with Gasteiger partial charge in [-0.25, -0.2) is 4.79 Å². The molecule has 1 amide bonds. The molecule has 158 valence electrons. The summed E-state index contributed by atoms with van der Waals surface area (Å²) >= 11 is 0. The number of carbonyl (C=O) groups is 2. The van der Waals surface area contributed by atoms with Gasteiger partial charge in [-0.05, 0) is 26.0 Å². The van der Waals surface area contributed by atoms with Crippen LogP contribution in [0.5, 0.6) is 0 Å². The maximum absolute atomic E-state index is 12.8. The number of carbonyl (C=O) groups excluding carboxylic acids is 1. The summed E-state index contributed by atoms with van der Waals surface area (Å²) < 4.78 is 42.7. The zero-order valence-corrected chi connectivity index (χ0v) is 16.0. The number of methoxy groups -OCH3 is 1. The van der Waals surface area contributed by atoms with Gasteiger partial charge in [0, 0.05) is 32.7 Å². The lowest BCUT2D eigenvalue weighted by molar-refractivity contribution is -0.192. The fraction of sp³-hybridized carbons (Fsp3) is 0.667. The van der Waals surface area contributed by atoms with Gasteiger partial charge < -0.3 is 24.1 Å². The molecule has 0 aliphatic carbocycles. The van der Waals surface area contributed by atoms with Gasteiger partial charge >= 0.3 is 12.1 Å². The fourth-order valence-corrected chi connectivity index (χ4v) is 3.80. The molecule has 3 atom stereocenters. The summed E-state index contributed by atoms with van der Waals surface area (Å²) in [5, 5.41) is 7.12. The zero-order valence-electron chi connectivity index (χ0n) is 16.0. The van der Waals surface area contributed by atoms with Crippen molar-refractivity contribution in [1.29, 1.82) is 0 Å². The van der Waals surface area contributed by atoms with Crippen LogP contribution in [0, 0.1) is 12.8 Å². The van der Waals surface area contributed by atoms with E-state index < -0.39 is 12.1 Å². The Labute approximate surface area is 161 Å². The summed E-state index contributed by atoms with van der Waals surface area (Å²) in [6.45, 7) is 7.78. The van der Waals surface area contributed by atoms with Crippen LogP contribution < -0.4 is 0 Å². The third-order valence-corrected chi connectivity index (χ3v) is 5.28. The van der Waals surface area contributed by atoms with Gasteiger partial charge in [0.2, 0.25) is 0 Å². The summed E-state index contributed by atoms with van der Waals surface area (Å²) in [7, 11) is 1.79. The van der Waals surface area contributed by atoms with E-state index in [0.717, 1.165) is 32.6 Å². The lowest BCUT2D eigenvalue weighted by atomic mass is 9.88. The van der Waals surface area contributed by atoms with E-state index in [9.17, 15) is 18.0 Å². The Morgan fingerprint density at radius 1 is 1.36 bits per heavy atom. The first-order valence-corrected chi connectivity index (χ1v) is 9.00. The Morgan fingerprint density at radius 3 is 2.46 bits per heavy atom. The highest BCUT2D eigenvalue weighted by molar-refractivity contribution is 5.95. The molecule has 0 radical (unpaired) electrons. The number of likely N-dealkylation sites (tertiary alicyclic amines) is 2. The summed E-state index contributed by atoms with van der Waals surface area (Å²) in [4.78, 5) is 26.2. The molecule has 0 bridgehead atoms. The molecule has 10 heteroatoms. The number of halogens is 3. The number of nitrogens with zero attached hydrogens (tertiary/aromatic N) is 2. The Hall–Kier alpha value is -2.07. The molecule has 3 heterocycles. The van der Waals surface area contributed by atoms with Gasteiger partial charge in [0.05, 0.1) is 24.0 Å². The standard InChI is InChI=1S/C16H24N2O3.C2HF3O2/c1-4-17-9-13-14(10-17)18(7-5-15(13)20-3)16(19)12-6-8-21-11(12)2;3-2(4,5)1(6)7/h6,8,13-15H,4-5,7,9-10H2,1-3H3;(H,6,7)/t13-,14+,15+;/m0./s1. The minimum absolute atomic E-state index is 0.101. The number of hydrogen-bond acceptors (Lipinski definition) is 5. The Kier molecular flexibility index (Phi) is 7.11. The molecule has 0 unspecified atom stereocenters. The molecule has 2 aliphatic rings. The first kappa shape index (κ1) is 22.2. The van der Waals surface area contributed by atoms with E-state index in [2.05, 4.69) is 11.8 Å². The minimum Gasteiger partial charge on any atom is -0.475 e. The number of furan rings is 1. The van der Waals surface area contributed by atoms with E-state index in [1.807, 2.05) is 11.8 Å². The quantitative estimate of drug-likeness (QED) is 0.830. The topological polar surface area (TPSA) is 83.2 Å². The van der Waals surface area contributed by atoms with Crippen molar-refractivity contribution in [2.75, 3.05) is 33.3 Å². The number of ether oxygens (including phenoxy) is 1. The van der Waals surface area contributed by atoms with Gasteiger partial charge in [0.15, 0.2) is 0 Å². The van der Waals surface area contributed by atoms with Crippen LogP contribution in [0.2, 0.25) is 0 Å². The van der Waals surface area contributed by atoms with Crippen LogP contribution in [0.4, 0.5) is 13.2 Å². The number of aryl methyl sites for hydroxylation is 1. The lowest BCUT2D eigenvalue weighted by Gasteiger charge is -2.41. The number of hydrogen-bond donors (Lipinski definition) is 1. The number of fused-ring (bicyclic) bond motifs is 1. The highest BCUT2D eigenvalue weighted by Gasteiger charge is 2.46. The molecule has 1 aromatic heterocycles. The summed E-state index contributed by atoms with van der Waals surface area (Å²) in [6, 6.07) is 2.03. The first-order chi connectivity index (χ1) is 13.1. The highest BCUT2D eigenvalue weighted by atomic mass is 19.4. The number of carboxylic acids is 1. The largest absolute Gasteiger partial charge is 0.490 e. The number of piperidine rings is 1. The van der Waals surface area contributed by atoms with Crippen LogP contribution in [-0.4, -0.2) is 78.4 Å². The predicted molar refractivity (Wildman–Crippen MR) is 93.0 cm³/mol. The molecule has 1 N–H and O–H groups in total. The van der Waals surface area contributed by atoms with Crippen molar-refractivity contribution in [2.45, 2.75) is 38.6 Å². The molecule has 0 spiro atoms. The number of alkyl halides is 3. The van der Waals surface area contributed by atoms with Crippen molar-refractivity contribution in [3.63, 3.8) is 0 Å². The normalized spacial score (nSPS) is 25.1. The van der Waals surface area contributed by atoms with Crippen molar-refractivity contribution >= 4 is 11.9 Å². The van der Waals surface area contributed by atoms with Gasteiger partial charge in [-0.15, -0.1) is 0 Å². The number of carboxylic acid groups (broad SMARTS) is 1. The average Bonchev–Trinajstić information content (AvgIpc) is 3.26. The van der Waals surface area contributed by atoms with Crippen LogP contribution >= 0.6 is 0 Å². The molecule has 2 saturated heterocycles. The van der Waals surface area contributed by atoms with Crippen LogP contribution in [0.25, 0.3) is 0 Å². The lowest BCUT2D eigenvalue weighted by Crippen LogP contribution is -2.53. The number of amides is 1. The van der Waals surface area contributed by atoms with Gasteiger partial charge in [0.25, 0.3) is 5.91 Å². The smallest absolute Gasteiger partial charge is 0.475 e. The molecule has 0 saturated carbocycles. The molecule has 7 nitrogen and oxygen atoms in total. The first-order valence-electron chi connectivity index (χ1n) is 9.00. The maximum atomic E-state index is 12.8. The van der Waals surface area contributed by atoms with E-state index in [1.54, 1.807) is 19.4 Å². The molecule has 2 aliphatic heterocycles. The van der Waals surface area contributed by atoms with Crippen molar-refractivity contribution in [1.82, 2.24) is 9.80 Å². The van der Waals surface area contributed by atoms with E-state index in [4.69, 9.17) is 19.1 Å². The van der Waals surface area contributed by atoms with Crippen molar-refractivity contribution < 1.29 is 37.0 Å². The van der Waals surface area contributed by atoms with Gasteiger partial charge in [-0.1, -0.05) is 6.92 Å². The summed E-state index contributed by atoms with van der Waals surface area (Å²) in [5.41, 5.74) is 0.694. The predicted octanol–water partition coefficient (Wildman–Crippen LogP) is 2.40. The molecule has 2 fully saturated rings. The molecule has 0 aromatic carbocycles. The van der Waals surface area contributed by atoms with Crippen molar-refractivity contribution in [2.24, 2.45) is 5.92 Å². The van der Waals surface area contributed by atoms with Crippen molar-refractivity contribution in [3.8, 4) is 0 Å². The molecule has 3 rings (SSSR count). The third kappa shape index (κ3) is 4.85. The van der Waals surface area contributed by atoms with E-state index in [1.165, 1.54) is 0 Å². The molecule has 28 heavy (non-hydrogen) atoms. The summed E-state index contributed by atoms with van der Waals surface area (Å²) in [6.07, 6.45) is -2.31. The van der Waals surface area contributed by atoms with Crippen LogP contribution in [-0.2, 0) is 9.53 Å². The molecular weight excluding hydrogens is 381 g/mol. The SMILES string of the molecule is CCN1C[C@H]2[C@@H](C1)N(C(=O)c1ccoc1C)CC[C@H]2OC.O=C(O)C(F)(F)F. The van der Waals surface area contributed by atoms with Crippen LogP contribution in [0.15, 0.2) is 16.7 Å². The Bertz CT molecular complexity index is 691. The molecular formula is C18H25F3N2O5. The third-order valence-electron chi connectivity index (χ3n) is 5.28. The van der Waals surface area contributed by atoms with E-state index in [0.29, 0.717) is 17.2 Å². The van der Waals surface area contributed by atoms with Gasteiger partial charge in [-0.2, -0.15) is 13.2 Å². The highest BCUT2D eigenvalue weighted by Crippen LogP contribution is 2.33. The number of likely N-dealkylation sites (N-methyl/N-ethyl adjacent to an activating group) is 1. The summed E-state index contributed by atoms with van der Waals surface area (Å²) in [5.74, 6) is -1.54. The van der Waals surface area contributed by atoms with E-state index >= 15 is 0 Å². The van der Waals surface area contributed by atoms with E-state index in [-0.39, 0.29) is 18.1 Å². The van der Waals surface area contributed by atoms with Crippen LogP contribution in [0.3, 0.4) is 0 Å². The zero-order chi connectivity index (χ0) is 21.1. The monoisotopic (exact) mass is 406 g/mol. The number of aliphatic carboxylic acids is 1. The second-order valence-electron chi connectivity index (χ2n) is 6.84. The number of rotatable bonds is 3. The Balaban J connectivity index is 0.000000345. The Morgan fingerprint density at radius 2 is 2.00 bits per heavy atom. The fourth-order valence-electron chi connectivity index (χ4n) is 3.80. The molecule has 1 aromatic rings. The second-order valence-corrected chi connectivity index (χ2v) is 6.84. The van der Waals surface area contributed by atoms with Crippen LogP contribution in [0.1, 0.15) is 29.5 Å². The second kappa shape index (κ2) is 8.95. The van der Waals surface area contributed by atoms with Gasteiger partial charge in [0.1, 0.15) is 5.76 Å².